The molecule has 4 heteroatoms. The highest BCUT2D eigenvalue weighted by atomic mass is 16.5. The third kappa shape index (κ3) is 1.71. The fourth-order valence-electron chi connectivity index (χ4n) is 1.26. The molecule has 0 unspecified atom stereocenters. The Labute approximate surface area is 77.1 Å². The predicted molar refractivity (Wildman–Crippen MR) is 48.5 cm³/mol. The molecule has 0 aliphatic heterocycles. The Morgan fingerprint density at radius 3 is 2.23 bits per heavy atom. The zero-order valence-corrected chi connectivity index (χ0v) is 8.34. The van der Waals surface area contributed by atoms with Crippen LogP contribution in [0.25, 0.3) is 0 Å². The van der Waals surface area contributed by atoms with Gasteiger partial charge in [-0.3, -0.25) is 4.79 Å². The van der Waals surface area contributed by atoms with E-state index in [1.54, 1.807) is 6.92 Å². The smallest absolute Gasteiger partial charge is 0.271 e. The molecule has 1 heterocycles. The van der Waals surface area contributed by atoms with Gasteiger partial charge in [0.15, 0.2) is 5.69 Å². The summed E-state index contributed by atoms with van der Waals surface area (Å²) in [5.41, 5.74) is 5.92. The van der Waals surface area contributed by atoms with Crippen molar-refractivity contribution in [2.75, 3.05) is 0 Å². The summed E-state index contributed by atoms with van der Waals surface area (Å²) in [5, 5.41) is 3.63. The molecule has 2 N–H and O–H groups in total. The molecule has 1 rings (SSSR count). The van der Waals surface area contributed by atoms with Crippen LogP contribution in [0.2, 0.25) is 0 Å². The van der Waals surface area contributed by atoms with E-state index in [0.717, 1.165) is 5.56 Å². The molecule has 0 aliphatic rings. The molecular weight excluding hydrogens is 168 g/mol. The van der Waals surface area contributed by atoms with Crippen LogP contribution >= 0.6 is 0 Å². The average molecular weight is 182 g/mol. The SMILES string of the molecule is Cc1c(C(N)=O)noc1C(C)(C)C. The van der Waals surface area contributed by atoms with E-state index in [0.29, 0.717) is 5.76 Å². The fraction of sp³-hybridized carbons (Fsp3) is 0.556. The van der Waals surface area contributed by atoms with Crippen LogP contribution in [-0.4, -0.2) is 11.1 Å². The Morgan fingerprint density at radius 1 is 1.46 bits per heavy atom. The molecule has 0 fully saturated rings. The van der Waals surface area contributed by atoms with Crippen molar-refractivity contribution in [3.63, 3.8) is 0 Å². The minimum Gasteiger partial charge on any atom is -0.364 e. The Balaban J connectivity index is 3.22. The predicted octanol–water partition coefficient (Wildman–Crippen LogP) is 1.38. The highest BCUT2D eigenvalue weighted by Crippen LogP contribution is 2.26. The third-order valence-electron chi connectivity index (χ3n) is 1.84. The summed E-state index contributed by atoms with van der Waals surface area (Å²) in [4.78, 5) is 10.9. The van der Waals surface area contributed by atoms with Gasteiger partial charge in [0.05, 0.1) is 0 Å². The van der Waals surface area contributed by atoms with Crippen molar-refractivity contribution in [3.05, 3.63) is 17.0 Å². The van der Waals surface area contributed by atoms with Gasteiger partial charge in [0, 0.05) is 11.0 Å². The molecule has 1 amide bonds. The van der Waals surface area contributed by atoms with E-state index < -0.39 is 5.91 Å². The maximum atomic E-state index is 10.9. The maximum absolute atomic E-state index is 10.9. The Bertz CT molecular complexity index is 334. The first-order valence-corrected chi connectivity index (χ1v) is 4.10. The van der Waals surface area contributed by atoms with Crippen molar-refractivity contribution in [2.45, 2.75) is 33.1 Å². The molecule has 13 heavy (non-hydrogen) atoms. The topological polar surface area (TPSA) is 69.1 Å². The lowest BCUT2D eigenvalue weighted by Gasteiger charge is -2.14. The van der Waals surface area contributed by atoms with Gasteiger partial charge in [-0.1, -0.05) is 25.9 Å². The number of hydrogen-bond acceptors (Lipinski definition) is 3. The Morgan fingerprint density at radius 2 is 2.00 bits per heavy atom. The van der Waals surface area contributed by atoms with Gasteiger partial charge in [-0.05, 0) is 6.92 Å². The maximum Gasteiger partial charge on any atom is 0.271 e. The van der Waals surface area contributed by atoms with Crippen LogP contribution in [0.4, 0.5) is 0 Å². The van der Waals surface area contributed by atoms with E-state index in [9.17, 15) is 4.79 Å². The van der Waals surface area contributed by atoms with Crippen molar-refractivity contribution in [1.82, 2.24) is 5.16 Å². The first kappa shape index (κ1) is 9.77. The highest BCUT2D eigenvalue weighted by molar-refractivity contribution is 5.92. The monoisotopic (exact) mass is 182 g/mol. The summed E-state index contributed by atoms with van der Waals surface area (Å²) >= 11 is 0. The quantitative estimate of drug-likeness (QED) is 0.713. The molecule has 0 aromatic carbocycles. The Hall–Kier alpha value is -1.32. The van der Waals surface area contributed by atoms with Crippen molar-refractivity contribution >= 4 is 5.91 Å². The van der Waals surface area contributed by atoms with Crippen LogP contribution in [-0.2, 0) is 5.41 Å². The van der Waals surface area contributed by atoms with E-state index in [-0.39, 0.29) is 11.1 Å². The molecule has 0 bridgehead atoms. The summed E-state index contributed by atoms with van der Waals surface area (Å²) in [5.74, 6) is 0.165. The number of aromatic nitrogens is 1. The van der Waals surface area contributed by atoms with Gasteiger partial charge in [-0.25, -0.2) is 0 Å². The van der Waals surface area contributed by atoms with Gasteiger partial charge in [0.25, 0.3) is 5.91 Å². The third-order valence-corrected chi connectivity index (χ3v) is 1.84. The van der Waals surface area contributed by atoms with Gasteiger partial charge in [-0.2, -0.15) is 0 Å². The van der Waals surface area contributed by atoms with E-state index in [1.807, 2.05) is 20.8 Å². The van der Waals surface area contributed by atoms with Gasteiger partial charge < -0.3 is 10.3 Å². The minimum absolute atomic E-state index is 0.148. The van der Waals surface area contributed by atoms with Crippen LogP contribution in [0.1, 0.15) is 42.6 Å². The molecule has 0 saturated carbocycles. The number of hydrogen-bond donors (Lipinski definition) is 1. The number of nitrogens with zero attached hydrogens (tertiary/aromatic N) is 1. The molecule has 1 aromatic rings. The minimum atomic E-state index is -0.545. The standard InChI is InChI=1S/C9H14N2O2/c1-5-6(8(10)12)11-13-7(5)9(2,3)4/h1-4H3,(H2,10,12). The molecule has 4 nitrogen and oxygen atoms in total. The van der Waals surface area contributed by atoms with Gasteiger partial charge in [0.2, 0.25) is 0 Å². The molecule has 0 spiro atoms. The van der Waals surface area contributed by atoms with E-state index in [2.05, 4.69) is 5.16 Å². The van der Waals surface area contributed by atoms with Crippen LogP contribution < -0.4 is 5.73 Å². The summed E-state index contributed by atoms with van der Waals surface area (Å²) in [6, 6.07) is 0. The molecular formula is C9H14N2O2. The zero-order valence-electron chi connectivity index (χ0n) is 8.34. The Kier molecular flexibility index (Phi) is 2.15. The molecule has 72 valence electrons. The van der Waals surface area contributed by atoms with Crippen LogP contribution in [0.15, 0.2) is 4.52 Å². The van der Waals surface area contributed by atoms with Gasteiger partial charge in [0.1, 0.15) is 5.76 Å². The number of rotatable bonds is 1. The van der Waals surface area contributed by atoms with Gasteiger partial charge >= 0.3 is 0 Å². The van der Waals surface area contributed by atoms with E-state index in [4.69, 9.17) is 10.3 Å². The molecule has 0 radical (unpaired) electrons. The fourth-order valence-corrected chi connectivity index (χ4v) is 1.26. The van der Waals surface area contributed by atoms with E-state index >= 15 is 0 Å². The molecule has 0 aliphatic carbocycles. The van der Waals surface area contributed by atoms with Crippen molar-refractivity contribution in [3.8, 4) is 0 Å². The highest BCUT2D eigenvalue weighted by Gasteiger charge is 2.25. The van der Waals surface area contributed by atoms with E-state index in [1.165, 1.54) is 0 Å². The van der Waals surface area contributed by atoms with Crippen molar-refractivity contribution in [1.29, 1.82) is 0 Å². The van der Waals surface area contributed by atoms with Crippen molar-refractivity contribution < 1.29 is 9.32 Å². The van der Waals surface area contributed by atoms with Crippen LogP contribution in [0.5, 0.6) is 0 Å². The molecule has 1 aromatic heterocycles. The second kappa shape index (κ2) is 2.87. The normalized spacial score (nSPS) is 11.7. The summed E-state index contributed by atoms with van der Waals surface area (Å²) < 4.78 is 5.07. The number of carbonyl (C=O) groups excluding carboxylic acids is 1. The summed E-state index contributed by atoms with van der Waals surface area (Å²) in [6.07, 6.45) is 0. The van der Waals surface area contributed by atoms with Crippen LogP contribution in [0, 0.1) is 6.92 Å². The lowest BCUT2D eigenvalue weighted by Crippen LogP contribution is -2.15. The van der Waals surface area contributed by atoms with Crippen LogP contribution in [0.3, 0.4) is 0 Å². The number of amides is 1. The summed E-state index contributed by atoms with van der Waals surface area (Å²) in [6.45, 7) is 7.76. The number of primary amides is 1. The second-order valence-electron chi connectivity index (χ2n) is 4.10. The largest absolute Gasteiger partial charge is 0.364 e. The zero-order chi connectivity index (χ0) is 10.2. The first-order chi connectivity index (χ1) is 5.84. The first-order valence-electron chi connectivity index (χ1n) is 4.10. The van der Waals surface area contributed by atoms with Gasteiger partial charge in [-0.15, -0.1) is 0 Å². The molecule has 0 saturated heterocycles. The second-order valence-corrected chi connectivity index (χ2v) is 4.10. The summed E-state index contributed by atoms with van der Waals surface area (Å²) in [7, 11) is 0. The lowest BCUT2D eigenvalue weighted by atomic mass is 9.90. The lowest BCUT2D eigenvalue weighted by molar-refractivity contribution is 0.0991. The number of carbonyl (C=O) groups is 1. The number of nitrogens with two attached hydrogens (primary N) is 1. The molecule has 0 atom stereocenters. The average Bonchev–Trinajstić information content (AvgIpc) is 2.28. The van der Waals surface area contributed by atoms with Crippen molar-refractivity contribution in [2.24, 2.45) is 5.73 Å².